The molecular weight excluding hydrogens is 444 g/mol. The molecule has 0 atom stereocenters. The first-order valence-corrected chi connectivity index (χ1v) is 12.5. The highest BCUT2D eigenvalue weighted by atomic mass is 79.9. The van der Waals surface area contributed by atoms with Crippen LogP contribution in [-0.4, -0.2) is 37.9 Å². The number of hydrogen-bond donors (Lipinski definition) is 1. The summed E-state index contributed by atoms with van der Waals surface area (Å²) in [4.78, 5) is -1.65. The quantitative estimate of drug-likeness (QED) is 0.454. The number of allylic oxidation sites excluding steroid dienone is 3. The van der Waals surface area contributed by atoms with Crippen LogP contribution in [0.4, 0.5) is 0 Å². The summed E-state index contributed by atoms with van der Waals surface area (Å²) in [6.07, 6.45) is 5.14. The Bertz CT molecular complexity index is 668. The molecule has 0 aromatic rings. The van der Waals surface area contributed by atoms with E-state index >= 15 is 0 Å². The zero-order valence-corrected chi connectivity index (χ0v) is 18.9. The van der Waals surface area contributed by atoms with Gasteiger partial charge in [0.15, 0.2) is 0 Å². The van der Waals surface area contributed by atoms with E-state index in [1.165, 1.54) is 0 Å². The highest BCUT2D eigenvalue weighted by Crippen LogP contribution is 2.80. The fourth-order valence-corrected chi connectivity index (χ4v) is 8.73. The molecule has 7 nitrogen and oxygen atoms in total. The molecule has 1 heterocycles. The molecule has 0 bridgehead atoms. The molecule has 0 aromatic carbocycles. The van der Waals surface area contributed by atoms with E-state index in [9.17, 15) is 9.13 Å². The lowest BCUT2D eigenvalue weighted by Gasteiger charge is -2.37. The van der Waals surface area contributed by atoms with Gasteiger partial charge in [0.1, 0.15) is 0 Å². The van der Waals surface area contributed by atoms with Gasteiger partial charge in [0, 0.05) is 16.7 Å². The van der Waals surface area contributed by atoms with Gasteiger partial charge in [-0.2, -0.15) is 0 Å². The lowest BCUT2D eigenvalue weighted by atomic mass is 10.2. The number of nitrogens with one attached hydrogen (secondary N) is 1. The molecule has 2 aliphatic rings. The van der Waals surface area contributed by atoms with Crippen LogP contribution in [0.15, 0.2) is 34.0 Å². The van der Waals surface area contributed by atoms with Crippen molar-refractivity contribution >= 4 is 31.1 Å². The Morgan fingerprint density at radius 3 is 1.85 bits per heavy atom. The lowest BCUT2D eigenvalue weighted by molar-refractivity contribution is 0.191. The van der Waals surface area contributed by atoms with Gasteiger partial charge >= 0.3 is 15.2 Å². The topological polar surface area (TPSA) is 83.1 Å². The van der Waals surface area contributed by atoms with Crippen LogP contribution in [0.3, 0.4) is 0 Å². The summed E-state index contributed by atoms with van der Waals surface area (Å²) in [6.45, 7) is 7.96. The molecule has 1 aliphatic carbocycles. The highest BCUT2D eigenvalue weighted by molar-refractivity contribution is 9.11. The molecule has 26 heavy (non-hydrogen) atoms. The Kier molecular flexibility index (Phi) is 7.54. The summed E-state index contributed by atoms with van der Waals surface area (Å²) in [5.74, 6) is 0. The van der Waals surface area contributed by atoms with Crippen molar-refractivity contribution in [1.82, 2.24) is 5.32 Å². The van der Waals surface area contributed by atoms with Crippen molar-refractivity contribution in [2.45, 2.75) is 32.6 Å². The van der Waals surface area contributed by atoms with Crippen molar-refractivity contribution in [3.8, 4) is 0 Å². The summed E-state index contributed by atoms with van der Waals surface area (Å²) in [5.41, 5.74) is 1.44. The summed E-state index contributed by atoms with van der Waals surface area (Å²) in [6, 6.07) is 0. The molecule has 0 unspecified atom stereocenters. The van der Waals surface area contributed by atoms with Gasteiger partial charge in [-0.1, -0.05) is 15.9 Å². The van der Waals surface area contributed by atoms with E-state index < -0.39 is 20.1 Å². The second-order valence-corrected chi connectivity index (χ2v) is 11.4. The number of fused-ring (bicyclic) bond motifs is 1. The third-order valence-corrected chi connectivity index (χ3v) is 10.5. The molecule has 0 spiro atoms. The van der Waals surface area contributed by atoms with Crippen molar-refractivity contribution in [2.24, 2.45) is 0 Å². The Hall–Kier alpha value is -0.200. The van der Waals surface area contributed by atoms with Crippen LogP contribution in [0.1, 0.15) is 27.7 Å². The normalized spacial score (nSPS) is 19.3. The minimum Gasteiger partial charge on any atom is -0.380 e. The summed E-state index contributed by atoms with van der Waals surface area (Å²) < 4.78 is 50.9. The van der Waals surface area contributed by atoms with E-state index in [4.69, 9.17) is 18.1 Å². The molecule has 10 heteroatoms. The largest absolute Gasteiger partial charge is 0.380 e. The Balaban J connectivity index is 2.74. The second kappa shape index (κ2) is 8.87. The van der Waals surface area contributed by atoms with Crippen LogP contribution in [0, 0.1) is 0 Å². The van der Waals surface area contributed by atoms with Gasteiger partial charge in [0.05, 0.1) is 26.4 Å². The number of rotatable bonds is 10. The van der Waals surface area contributed by atoms with Crippen LogP contribution in [0.25, 0.3) is 0 Å². The van der Waals surface area contributed by atoms with Gasteiger partial charge in [0.25, 0.3) is 0 Å². The molecular formula is C16H26BrNO6P2. The van der Waals surface area contributed by atoms with Crippen LogP contribution < -0.4 is 5.32 Å². The molecule has 1 aliphatic heterocycles. The van der Waals surface area contributed by atoms with E-state index in [-0.39, 0.29) is 26.4 Å². The summed E-state index contributed by atoms with van der Waals surface area (Å²) >= 11 is 3.45. The average molecular weight is 470 g/mol. The maximum atomic E-state index is 13.8. The first-order chi connectivity index (χ1) is 12.3. The van der Waals surface area contributed by atoms with Crippen LogP contribution >= 0.6 is 31.1 Å². The van der Waals surface area contributed by atoms with Crippen molar-refractivity contribution in [1.29, 1.82) is 0 Å². The fraction of sp³-hybridized carbons (Fsp3) is 0.625. The van der Waals surface area contributed by atoms with E-state index in [1.54, 1.807) is 39.8 Å². The third-order valence-electron chi connectivity index (χ3n) is 3.87. The van der Waals surface area contributed by atoms with E-state index in [2.05, 4.69) is 21.2 Å². The standard InChI is InChI=1S/C16H26BrNO6P2/c1-5-21-25(19,22-6-2)16(26(20,23-7-3)24-8-4)10-13-9-14(17)12-18-15(13)11-16/h9-11,18H,5-8,12H2,1-4H3. The van der Waals surface area contributed by atoms with Gasteiger partial charge < -0.3 is 23.4 Å². The van der Waals surface area contributed by atoms with Crippen LogP contribution in [-0.2, 0) is 27.2 Å². The molecule has 148 valence electrons. The maximum absolute atomic E-state index is 13.8. The SMILES string of the molecule is CCOP(=O)(OCC)C1(P(=O)(OCC)OCC)C=C2C=C(Br)CNC2=C1. The van der Waals surface area contributed by atoms with Crippen molar-refractivity contribution < 1.29 is 27.2 Å². The van der Waals surface area contributed by atoms with Gasteiger partial charge in [-0.25, -0.2) is 0 Å². The minimum absolute atomic E-state index is 0.136. The third kappa shape index (κ3) is 3.83. The zero-order chi connectivity index (χ0) is 19.4. The molecule has 0 saturated heterocycles. The molecule has 0 aromatic heterocycles. The first kappa shape index (κ1) is 22.1. The van der Waals surface area contributed by atoms with Gasteiger partial charge in [-0.3, -0.25) is 9.13 Å². The summed E-state index contributed by atoms with van der Waals surface area (Å²) in [7, 11) is -7.84. The Morgan fingerprint density at radius 2 is 1.42 bits per heavy atom. The number of hydrogen-bond acceptors (Lipinski definition) is 7. The van der Waals surface area contributed by atoms with Crippen molar-refractivity contribution in [2.75, 3.05) is 33.0 Å². The zero-order valence-electron chi connectivity index (χ0n) is 15.5. The maximum Gasteiger partial charge on any atom is 0.356 e. The Morgan fingerprint density at radius 1 is 0.962 bits per heavy atom. The molecule has 2 rings (SSSR count). The molecule has 0 saturated carbocycles. The predicted octanol–water partition coefficient (Wildman–Crippen LogP) is 4.92. The lowest BCUT2D eigenvalue weighted by Crippen LogP contribution is -2.28. The smallest absolute Gasteiger partial charge is 0.356 e. The van der Waals surface area contributed by atoms with E-state index in [1.807, 2.05) is 6.08 Å². The highest BCUT2D eigenvalue weighted by Gasteiger charge is 2.65. The monoisotopic (exact) mass is 469 g/mol. The molecule has 0 fully saturated rings. The van der Waals surface area contributed by atoms with Crippen molar-refractivity contribution in [3.05, 3.63) is 34.0 Å². The fourth-order valence-electron chi connectivity index (χ4n) is 2.95. The van der Waals surface area contributed by atoms with Crippen LogP contribution in [0.2, 0.25) is 0 Å². The molecule has 0 radical (unpaired) electrons. The predicted molar refractivity (Wildman–Crippen MR) is 106 cm³/mol. The molecule has 1 N–H and O–H groups in total. The van der Waals surface area contributed by atoms with Gasteiger partial charge in [0.2, 0.25) is 4.90 Å². The van der Waals surface area contributed by atoms with Crippen molar-refractivity contribution in [3.63, 3.8) is 0 Å². The number of halogens is 1. The Labute approximate surface area is 163 Å². The molecule has 0 amide bonds. The second-order valence-electron chi connectivity index (χ2n) is 5.55. The van der Waals surface area contributed by atoms with E-state index in [0.29, 0.717) is 12.2 Å². The van der Waals surface area contributed by atoms with Gasteiger partial charge in [-0.15, -0.1) is 0 Å². The van der Waals surface area contributed by atoms with E-state index in [0.717, 1.165) is 10.1 Å². The first-order valence-electron chi connectivity index (χ1n) is 8.65. The van der Waals surface area contributed by atoms with Gasteiger partial charge in [-0.05, 0) is 51.5 Å². The summed E-state index contributed by atoms with van der Waals surface area (Å²) in [5, 5.41) is 3.21. The van der Waals surface area contributed by atoms with Crippen LogP contribution in [0.5, 0.6) is 0 Å². The average Bonchev–Trinajstić information content (AvgIpc) is 2.96. The minimum atomic E-state index is -3.92.